The van der Waals surface area contributed by atoms with Gasteiger partial charge in [-0.2, -0.15) is 0 Å². The number of pyridine rings is 1. The lowest BCUT2D eigenvalue weighted by Crippen LogP contribution is -2.38. The topological polar surface area (TPSA) is 77.2 Å². The molecular weight excluding hydrogens is 218 g/mol. The van der Waals surface area contributed by atoms with Crippen molar-refractivity contribution in [2.75, 3.05) is 6.54 Å². The largest absolute Gasteiger partial charge is 0.444 e. The van der Waals surface area contributed by atoms with Gasteiger partial charge in [0.2, 0.25) is 0 Å². The summed E-state index contributed by atoms with van der Waals surface area (Å²) in [5.41, 5.74) is 5.81. The Morgan fingerprint density at radius 1 is 1.53 bits per heavy atom. The number of hydrogen-bond donors (Lipinski definition) is 2. The molecule has 0 spiro atoms. The standard InChI is InChI=1S/C12H19N3O2/c1-12(2,3)17-11(16)15-10(8-13)9-6-4-5-7-14-9/h4-7,10H,8,13H2,1-3H3,(H,15,16). The number of hydrogen-bond acceptors (Lipinski definition) is 4. The number of nitrogens with one attached hydrogen (secondary N) is 1. The fourth-order valence-corrected chi connectivity index (χ4v) is 1.29. The molecule has 0 aromatic carbocycles. The third-order valence-corrected chi connectivity index (χ3v) is 1.97. The molecule has 0 aliphatic heterocycles. The van der Waals surface area contributed by atoms with Crippen molar-refractivity contribution < 1.29 is 9.53 Å². The van der Waals surface area contributed by atoms with E-state index in [0.29, 0.717) is 0 Å². The van der Waals surface area contributed by atoms with Gasteiger partial charge in [0.05, 0.1) is 11.7 Å². The van der Waals surface area contributed by atoms with Crippen molar-refractivity contribution in [2.24, 2.45) is 5.73 Å². The van der Waals surface area contributed by atoms with Crippen LogP contribution in [0.25, 0.3) is 0 Å². The Balaban J connectivity index is 2.62. The van der Waals surface area contributed by atoms with Crippen LogP contribution in [0.3, 0.4) is 0 Å². The highest BCUT2D eigenvalue weighted by Gasteiger charge is 2.20. The summed E-state index contributed by atoms with van der Waals surface area (Å²) in [5, 5.41) is 2.69. The normalized spacial score (nSPS) is 12.9. The summed E-state index contributed by atoms with van der Waals surface area (Å²) in [7, 11) is 0. The van der Waals surface area contributed by atoms with Gasteiger partial charge in [-0.15, -0.1) is 0 Å². The summed E-state index contributed by atoms with van der Waals surface area (Å²) >= 11 is 0. The third kappa shape index (κ3) is 4.82. The number of nitrogens with two attached hydrogens (primary N) is 1. The second kappa shape index (κ2) is 5.63. The molecule has 1 rings (SSSR count). The number of nitrogens with zero attached hydrogens (tertiary/aromatic N) is 1. The molecule has 1 heterocycles. The lowest BCUT2D eigenvalue weighted by molar-refractivity contribution is 0.0504. The Morgan fingerprint density at radius 2 is 2.24 bits per heavy atom. The first kappa shape index (κ1) is 13.4. The van der Waals surface area contributed by atoms with Gasteiger partial charge in [-0.3, -0.25) is 4.98 Å². The summed E-state index contributed by atoms with van der Waals surface area (Å²) in [6, 6.07) is 5.15. The number of rotatable bonds is 3. The SMILES string of the molecule is CC(C)(C)OC(=O)NC(CN)c1ccccn1. The predicted molar refractivity (Wildman–Crippen MR) is 65.4 cm³/mol. The molecule has 1 aromatic rings. The van der Waals surface area contributed by atoms with Gasteiger partial charge in [0.1, 0.15) is 5.60 Å². The summed E-state index contributed by atoms with van der Waals surface area (Å²) in [6.07, 6.45) is 1.17. The fraction of sp³-hybridized carbons (Fsp3) is 0.500. The summed E-state index contributed by atoms with van der Waals surface area (Å²) in [6.45, 7) is 5.71. The van der Waals surface area contributed by atoms with E-state index in [4.69, 9.17) is 10.5 Å². The molecule has 1 amide bonds. The number of amides is 1. The monoisotopic (exact) mass is 237 g/mol. The van der Waals surface area contributed by atoms with Crippen molar-refractivity contribution in [3.05, 3.63) is 30.1 Å². The van der Waals surface area contributed by atoms with E-state index in [-0.39, 0.29) is 12.6 Å². The fourth-order valence-electron chi connectivity index (χ4n) is 1.29. The zero-order valence-corrected chi connectivity index (χ0v) is 10.4. The van der Waals surface area contributed by atoms with Crippen LogP contribution in [0.4, 0.5) is 4.79 Å². The van der Waals surface area contributed by atoms with Gasteiger partial charge < -0.3 is 15.8 Å². The number of carbonyl (C=O) groups is 1. The average molecular weight is 237 g/mol. The van der Waals surface area contributed by atoms with Gasteiger partial charge in [-0.1, -0.05) is 6.07 Å². The van der Waals surface area contributed by atoms with E-state index in [1.165, 1.54) is 0 Å². The van der Waals surface area contributed by atoms with E-state index in [9.17, 15) is 4.79 Å². The minimum absolute atomic E-state index is 0.274. The molecule has 3 N–H and O–H groups in total. The van der Waals surface area contributed by atoms with Crippen LogP contribution >= 0.6 is 0 Å². The molecule has 0 aliphatic carbocycles. The van der Waals surface area contributed by atoms with Gasteiger partial charge >= 0.3 is 6.09 Å². The minimum Gasteiger partial charge on any atom is -0.444 e. The lowest BCUT2D eigenvalue weighted by atomic mass is 10.2. The number of aromatic nitrogens is 1. The van der Waals surface area contributed by atoms with Crippen LogP contribution in [0.15, 0.2) is 24.4 Å². The van der Waals surface area contributed by atoms with Crippen LogP contribution < -0.4 is 11.1 Å². The Morgan fingerprint density at radius 3 is 2.71 bits per heavy atom. The number of carbonyl (C=O) groups excluding carboxylic acids is 1. The third-order valence-electron chi connectivity index (χ3n) is 1.97. The molecule has 0 saturated heterocycles. The molecule has 0 bridgehead atoms. The van der Waals surface area contributed by atoms with Gasteiger partial charge in [0.15, 0.2) is 0 Å². The summed E-state index contributed by atoms with van der Waals surface area (Å²) in [5.74, 6) is 0. The maximum atomic E-state index is 11.6. The molecule has 1 atom stereocenters. The van der Waals surface area contributed by atoms with Gasteiger partial charge in [-0.05, 0) is 32.9 Å². The molecular formula is C12H19N3O2. The number of alkyl carbamates (subject to hydrolysis) is 1. The second-order valence-electron chi connectivity index (χ2n) is 4.69. The Hall–Kier alpha value is -1.62. The molecule has 1 aromatic heterocycles. The number of ether oxygens (including phenoxy) is 1. The van der Waals surface area contributed by atoms with Gasteiger partial charge in [-0.25, -0.2) is 4.79 Å². The van der Waals surface area contributed by atoms with Crippen molar-refractivity contribution in [1.82, 2.24) is 10.3 Å². The van der Waals surface area contributed by atoms with Crippen molar-refractivity contribution in [3.63, 3.8) is 0 Å². The van der Waals surface area contributed by atoms with Crippen LogP contribution in [-0.4, -0.2) is 23.2 Å². The van der Waals surface area contributed by atoms with E-state index in [0.717, 1.165) is 5.69 Å². The van der Waals surface area contributed by atoms with Crippen molar-refractivity contribution in [1.29, 1.82) is 0 Å². The molecule has 5 nitrogen and oxygen atoms in total. The Kier molecular flexibility index (Phi) is 4.45. The first-order valence-electron chi connectivity index (χ1n) is 5.53. The summed E-state index contributed by atoms with van der Waals surface area (Å²) < 4.78 is 5.16. The van der Waals surface area contributed by atoms with Crippen LogP contribution in [-0.2, 0) is 4.74 Å². The minimum atomic E-state index is -0.520. The highest BCUT2D eigenvalue weighted by molar-refractivity contribution is 5.68. The average Bonchev–Trinajstić information content (AvgIpc) is 2.24. The lowest BCUT2D eigenvalue weighted by Gasteiger charge is -2.22. The van der Waals surface area contributed by atoms with E-state index in [1.807, 2.05) is 39.0 Å². The second-order valence-corrected chi connectivity index (χ2v) is 4.69. The maximum absolute atomic E-state index is 11.6. The summed E-state index contributed by atoms with van der Waals surface area (Å²) in [4.78, 5) is 15.7. The zero-order chi connectivity index (χ0) is 12.9. The highest BCUT2D eigenvalue weighted by Crippen LogP contribution is 2.11. The van der Waals surface area contributed by atoms with Crippen LogP contribution in [0.5, 0.6) is 0 Å². The van der Waals surface area contributed by atoms with Crippen LogP contribution in [0.1, 0.15) is 32.5 Å². The van der Waals surface area contributed by atoms with Crippen molar-refractivity contribution >= 4 is 6.09 Å². The van der Waals surface area contributed by atoms with E-state index in [2.05, 4.69) is 10.3 Å². The van der Waals surface area contributed by atoms with E-state index < -0.39 is 11.7 Å². The molecule has 0 aliphatic rings. The van der Waals surface area contributed by atoms with Gasteiger partial charge in [0, 0.05) is 12.7 Å². The van der Waals surface area contributed by atoms with E-state index in [1.54, 1.807) is 6.20 Å². The highest BCUT2D eigenvalue weighted by atomic mass is 16.6. The van der Waals surface area contributed by atoms with Crippen molar-refractivity contribution in [3.8, 4) is 0 Å². The first-order valence-corrected chi connectivity index (χ1v) is 5.53. The Labute approximate surface area is 101 Å². The molecule has 0 fully saturated rings. The molecule has 1 unspecified atom stereocenters. The molecule has 0 radical (unpaired) electrons. The zero-order valence-electron chi connectivity index (χ0n) is 10.4. The molecule has 5 heteroatoms. The van der Waals surface area contributed by atoms with Gasteiger partial charge in [0.25, 0.3) is 0 Å². The molecule has 17 heavy (non-hydrogen) atoms. The maximum Gasteiger partial charge on any atom is 0.408 e. The Bertz CT molecular complexity index is 360. The van der Waals surface area contributed by atoms with Crippen LogP contribution in [0.2, 0.25) is 0 Å². The predicted octanol–water partition coefficient (Wildman–Crippen LogP) is 1.61. The smallest absolute Gasteiger partial charge is 0.408 e. The first-order chi connectivity index (χ1) is 7.92. The molecule has 94 valence electrons. The molecule has 0 saturated carbocycles. The quantitative estimate of drug-likeness (QED) is 0.837. The van der Waals surface area contributed by atoms with Crippen LogP contribution in [0, 0.1) is 0 Å². The van der Waals surface area contributed by atoms with Crippen molar-refractivity contribution in [2.45, 2.75) is 32.4 Å². The van der Waals surface area contributed by atoms with E-state index >= 15 is 0 Å².